The molecule has 0 spiro atoms. The van der Waals surface area contributed by atoms with Crippen LogP contribution in [0, 0.1) is 0 Å². The Bertz CT molecular complexity index is 1070. The molecule has 1 aromatic heterocycles. The van der Waals surface area contributed by atoms with Crippen molar-refractivity contribution in [3.05, 3.63) is 60.4 Å². The van der Waals surface area contributed by atoms with Gasteiger partial charge in [0.2, 0.25) is 5.91 Å². The van der Waals surface area contributed by atoms with Gasteiger partial charge in [-0.1, -0.05) is 37.2 Å². The van der Waals surface area contributed by atoms with Gasteiger partial charge in [-0.3, -0.25) is 4.79 Å². The number of nitrogens with one attached hydrogen (secondary N) is 2. The average Bonchev–Trinajstić information content (AvgIpc) is 3.34. The normalized spacial score (nSPS) is 13.8. The number of amides is 3. The summed E-state index contributed by atoms with van der Waals surface area (Å²) in [4.78, 5) is 33.1. The Kier molecular flexibility index (Phi) is 6.87. The monoisotopic (exact) mass is 448 g/mol. The van der Waals surface area contributed by atoms with Gasteiger partial charge in [-0.15, -0.1) is 0 Å². The highest BCUT2D eigenvalue weighted by Gasteiger charge is 2.21. The molecule has 2 aromatic carbocycles. The molecule has 0 radical (unpaired) electrons. The minimum atomic E-state index is -0.432. The maximum Gasteiger partial charge on any atom is 0.319 e. The molecule has 2 N–H and O–H groups in total. The fraction of sp³-hybridized carbons (Fsp3) is 0.333. The molecule has 3 aromatic rings. The van der Waals surface area contributed by atoms with E-state index in [2.05, 4.69) is 37.8 Å². The van der Waals surface area contributed by atoms with Crippen LogP contribution >= 0.6 is 0 Å². The van der Waals surface area contributed by atoms with Gasteiger partial charge in [-0.05, 0) is 36.4 Å². The van der Waals surface area contributed by atoms with Crippen LogP contribution in [0.1, 0.15) is 25.6 Å². The van der Waals surface area contributed by atoms with Crippen LogP contribution < -0.4 is 15.5 Å². The van der Waals surface area contributed by atoms with E-state index in [0.29, 0.717) is 30.5 Å². The number of nitrogens with zero attached hydrogens (tertiary/aromatic N) is 4. The van der Waals surface area contributed by atoms with E-state index in [1.165, 1.54) is 0 Å². The largest absolute Gasteiger partial charge is 0.368 e. The number of benzene rings is 2. The Morgan fingerprint density at radius 2 is 1.70 bits per heavy atom. The van der Waals surface area contributed by atoms with Crippen LogP contribution in [-0.4, -0.2) is 59.7 Å². The van der Waals surface area contributed by atoms with Crippen molar-refractivity contribution in [3.8, 4) is 11.5 Å². The predicted molar refractivity (Wildman–Crippen MR) is 126 cm³/mol. The molecule has 0 aliphatic carbocycles. The highest BCUT2D eigenvalue weighted by atomic mass is 16.5. The molecule has 1 fully saturated rings. The van der Waals surface area contributed by atoms with Crippen molar-refractivity contribution in [2.45, 2.75) is 19.8 Å². The van der Waals surface area contributed by atoms with Crippen LogP contribution in [0.25, 0.3) is 11.5 Å². The number of hydrogen-bond acceptors (Lipinski definition) is 6. The molecular weight excluding hydrogens is 420 g/mol. The summed E-state index contributed by atoms with van der Waals surface area (Å²) in [5.41, 5.74) is 2.53. The van der Waals surface area contributed by atoms with E-state index in [4.69, 9.17) is 4.52 Å². The molecule has 9 nitrogen and oxygen atoms in total. The number of urea groups is 1. The van der Waals surface area contributed by atoms with Crippen LogP contribution in [0.2, 0.25) is 0 Å². The molecular formula is C24H28N6O3. The summed E-state index contributed by atoms with van der Waals surface area (Å²) in [5, 5.41) is 9.33. The zero-order valence-electron chi connectivity index (χ0n) is 18.8. The Morgan fingerprint density at radius 3 is 2.33 bits per heavy atom. The van der Waals surface area contributed by atoms with Crippen molar-refractivity contribution in [1.29, 1.82) is 0 Å². The van der Waals surface area contributed by atoms with E-state index in [9.17, 15) is 9.59 Å². The van der Waals surface area contributed by atoms with E-state index in [-0.39, 0.29) is 18.4 Å². The van der Waals surface area contributed by atoms with Gasteiger partial charge in [0.1, 0.15) is 0 Å². The third kappa shape index (κ3) is 5.68. The number of rotatable bonds is 6. The summed E-state index contributed by atoms with van der Waals surface area (Å²) in [7, 11) is 0. The molecule has 1 aliphatic heterocycles. The number of piperazine rings is 1. The lowest BCUT2D eigenvalue weighted by atomic mass is 10.2. The number of carbonyl (C=O) groups is 2. The van der Waals surface area contributed by atoms with Crippen molar-refractivity contribution < 1.29 is 14.1 Å². The lowest BCUT2D eigenvalue weighted by Crippen LogP contribution is -2.51. The Labute approximate surface area is 192 Å². The van der Waals surface area contributed by atoms with Crippen LogP contribution in [0.15, 0.2) is 59.1 Å². The summed E-state index contributed by atoms with van der Waals surface area (Å²) in [6, 6.07) is 16.8. The summed E-state index contributed by atoms with van der Waals surface area (Å²) in [6.45, 7) is 6.75. The van der Waals surface area contributed by atoms with Crippen LogP contribution in [0.3, 0.4) is 0 Å². The molecule has 0 saturated carbocycles. The van der Waals surface area contributed by atoms with E-state index in [1.807, 2.05) is 32.0 Å². The molecule has 0 bridgehead atoms. The first-order chi connectivity index (χ1) is 16.0. The minimum absolute atomic E-state index is 0.0464. The summed E-state index contributed by atoms with van der Waals surface area (Å²) < 4.78 is 5.28. The highest BCUT2D eigenvalue weighted by Crippen LogP contribution is 2.22. The molecule has 4 rings (SSSR count). The topological polar surface area (TPSA) is 104 Å². The van der Waals surface area contributed by atoms with Gasteiger partial charge >= 0.3 is 6.03 Å². The molecule has 1 saturated heterocycles. The highest BCUT2D eigenvalue weighted by molar-refractivity contribution is 5.92. The van der Waals surface area contributed by atoms with Crippen LogP contribution in [-0.2, 0) is 4.79 Å². The SMILES string of the molecule is CC(C)c1noc(-c2ccc(NC(=O)NCC(=O)N3CCN(c4ccccc4)CC3)cc2)n1. The summed E-state index contributed by atoms with van der Waals surface area (Å²) in [6.07, 6.45) is 0. The molecule has 33 heavy (non-hydrogen) atoms. The van der Waals surface area contributed by atoms with Gasteiger partial charge in [0.25, 0.3) is 5.89 Å². The van der Waals surface area contributed by atoms with E-state index >= 15 is 0 Å². The lowest BCUT2D eigenvalue weighted by molar-refractivity contribution is -0.130. The lowest BCUT2D eigenvalue weighted by Gasteiger charge is -2.36. The predicted octanol–water partition coefficient (Wildman–Crippen LogP) is 3.33. The standard InChI is InChI=1S/C24H28N6O3/c1-17(2)22-27-23(33-28-22)18-8-10-19(11-9-18)26-24(32)25-16-21(31)30-14-12-29(13-15-30)20-6-4-3-5-7-20/h3-11,17H,12-16H2,1-2H3,(H2,25,26,32). The number of carbonyl (C=O) groups excluding carboxylic acids is 2. The van der Waals surface area contributed by atoms with Crippen molar-refractivity contribution in [2.75, 3.05) is 42.9 Å². The molecule has 1 aliphatic rings. The van der Waals surface area contributed by atoms with Gasteiger partial charge in [-0.25, -0.2) is 4.79 Å². The van der Waals surface area contributed by atoms with E-state index in [0.717, 1.165) is 24.3 Å². The van der Waals surface area contributed by atoms with Crippen LogP contribution in [0.5, 0.6) is 0 Å². The minimum Gasteiger partial charge on any atom is -0.368 e. The van der Waals surface area contributed by atoms with E-state index < -0.39 is 6.03 Å². The Morgan fingerprint density at radius 1 is 1.00 bits per heavy atom. The molecule has 3 amide bonds. The molecule has 0 atom stereocenters. The summed E-state index contributed by atoms with van der Waals surface area (Å²) in [5.74, 6) is 1.18. The fourth-order valence-electron chi connectivity index (χ4n) is 3.58. The van der Waals surface area contributed by atoms with Crippen molar-refractivity contribution in [3.63, 3.8) is 0 Å². The first-order valence-electron chi connectivity index (χ1n) is 11.1. The third-order valence-corrected chi connectivity index (χ3v) is 5.50. The maximum atomic E-state index is 12.5. The number of para-hydroxylation sites is 1. The molecule has 9 heteroatoms. The average molecular weight is 449 g/mol. The second-order valence-corrected chi connectivity index (χ2v) is 8.20. The van der Waals surface area contributed by atoms with Crippen molar-refractivity contribution in [2.24, 2.45) is 0 Å². The second-order valence-electron chi connectivity index (χ2n) is 8.20. The zero-order chi connectivity index (χ0) is 23.2. The first-order valence-corrected chi connectivity index (χ1v) is 11.1. The Hall–Kier alpha value is -3.88. The maximum absolute atomic E-state index is 12.5. The van der Waals surface area contributed by atoms with Gasteiger partial charge in [0.05, 0.1) is 6.54 Å². The quantitative estimate of drug-likeness (QED) is 0.600. The number of hydrogen-bond donors (Lipinski definition) is 2. The molecule has 0 unspecified atom stereocenters. The van der Waals surface area contributed by atoms with Gasteiger partial charge < -0.3 is 25.0 Å². The van der Waals surface area contributed by atoms with E-state index in [1.54, 1.807) is 29.2 Å². The molecule has 2 heterocycles. The van der Waals surface area contributed by atoms with Crippen molar-refractivity contribution in [1.82, 2.24) is 20.4 Å². The first kappa shape index (κ1) is 22.3. The number of aromatic nitrogens is 2. The van der Waals surface area contributed by atoms with Gasteiger partial charge in [-0.2, -0.15) is 4.98 Å². The Balaban J connectivity index is 1.22. The fourth-order valence-corrected chi connectivity index (χ4v) is 3.58. The second kappa shape index (κ2) is 10.2. The number of anilines is 2. The molecule has 172 valence electrons. The van der Waals surface area contributed by atoms with Gasteiger partial charge in [0.15, 0.2) is 5.82 Å². The van der Waals surface area contributed by atoms with Gasteiger partial charge in [0, 0.05) is 49.0 Å². The summed E-state index contributed by atoms with van der Waals surface area (Å²) >= 11 is 0. The zero-order valence-corrected chi connectivity index (χ0v) is 18.8. The van der Waals surface area contributed by atoms with Crippen LogP contribution in [0.4, 0.5) is 16.2 Å². The third-order valence-electron chi connectivity index (χ3n) is 5.50. The van der Waals surface area contributed by atoms with Crippen molar-refractivity contribution >= 4 is 23.3 Å². The smallest absolute Gasteiger partial charge is 0.319 e.